The third kappa shape index (κ3) is 3.00. The Balaban J connectivity index is 1.81. The molecule has 1 atom stereocenters. The lowest BCUT2D eigenvalue weighted by atomic mass is 10.1. The molecule has 0 radical (unpaired) electrons. The average molecular weight is 332 g/mol. The number of halogens is 1. The van der Waals surface area contributed by atoms with Gasteiger partial charge >= 0.3 is 0 Å². The second-order valence-electron chi connectivity index (χ2n) is 6.44. The zero-order chi connectivity index (χ0) is 16.7. The summed E-state index contributed by atoms with van der Waals surface area (Å²) in [5.41, 5.74) is 3.33. The smallest absolute Gasteiger partial charge is 0.253 e. The summed E-state index contributed by atoms with van der Waals surface area (Å²) in [4.78, 5) is 14.4. The Bertz CT molecular complexity index is 731. The van der Waals surface area contributed by atoms with Gasteiger partial charge in [-0.05, 0) is 63.8 Å². The molecule has 1 aliphatic rings. The molecule has 2 aromatic rings. The molecule has 0 bridgehead atoms. The molecule has 1 aromatic carbocycles. The Kier molecular flexibility index (Phi) is 4.19. The summed E-state index contributed by atoms with van der Waals surface area (Å²) in [6.07, 6.45) is 2.47. The molecule has 0 spiro atoms. The number of hydrogen-bond acceptors (Lipinski definition) is 2. The minimum Gasteiger partial charge on any atom is -0.339 e. The standard InChI is InChI=1S/C18H22ClN3O/c1-11-17(19)13(3)22(20-11)16-9-7-15(8-10-16)18(23)21(4)12(2)14-5-6-14/h7-10,12,14H,5-6H2,1-4H3. The van der Waals surface area contributed by atoms with E-state index < -0.39 is 0 Å². The van der Waals surface area contributed by atoms with Crippen molar-refractivity contribution in [1.29, 1.82) is 0 Å². The van der Waals surface area contributed by atoms with Gasteiger partial charge in [0.2, 0.25) is 0 Å². The van der Waals surface area contributed by atoms with Gasteiger partial charge < -0.3 is 4.90 Å². The first-order valence-electron chi connectivity index (χ1n) is 7.99. The number of amides is 1. The third-order valence-electron chi connectivity index (χ3n) is 4.80. The Morgan fingerprint density at radius 3 is 2.39 bits per heavy atom. The van der Waals surface area contributed by atoms with E-state index in [-0.39, 0.29) is 5.91 Å². The SMILES string of the molecule is Cc1nn(-c2ccc(C(=O)N(C)C(C)C3CC3)cc2)c(C)c1Cl. The van der Waals surface area contributed by atoms with Crippen molar-refractivity contribution in [3.05, 3.63) is 46.2 Å². The van der Waals surface area contributed by atoms with Crippen LogP contribution in [0.1, 0.15) is 41.5 Å². The van der Waals surface area contributed by atoms with Gasteiger partial charge in [0.25, 0.3) is 5.91 Å². The Hall–Kier alpha value is -1.81. The topological polar surface area (TPSA) is 38.1 Å². The first-order chi connectivity index (χ1) is 10.9. The van der Waals surface area contributed by atoms with Crippen LogP contribution < -0.4 is 0 Å². The van der Waals surface area contributed by atoms with Gasteiger partial charge in [0.15, 0.2) is 0 Å². The van der Waals surface area contributed by atoms with E-state index >= 15 is 0 Å². The third-order valence-corrected chi connectivity index (χ3v) is 5.34. The van der Waals surface area contributed by atoms with Crippen molar-refractivity contribution in [2.75, 3.05) is 7.05 Å². The van der Waals surface area contributed by atoms with Crippen molar-refractivity contribution in [1.82, 2.24) is 14.7 Å². The molecule has 1 aromatic heterocycles. The largest absolute Gasteiger partial charge is 0.339 e. The van der Waals surface area contributed by atoms with Gasteiger partial charge in [-0.1, -0.05) is 11.6 Å². The van der Waals surface area contributed by atoms with Crippen LogP contribution in [-0.4, -0.2) is 33.7 Å². The maximum atomic E-state index is 12.6. The maximum Gasteiger partial charge on any atom is 0.253 e. The molecule has 4 nitrogen and oxygen atoms in total. The lowest BCUT2D eigenvalue weighted by Gasteiger charge is -2.25. The Labute approximate surface area is 142 Å². The van der Waals surface area contributed by atoms with Gasteiger partial charge in [-0.25, -0.2) is 4.68 Å². The van der Waals surface area contributed by atoms with Crippen LogP contribution >= 0.6 is 11.6 Å². The van der Waals surface area contributed by atoms with Crippen molar-refractivity contribution in [2.24, 2.45) is 5.92 Å². The number of benzene rings is 1. The zero-order valence-corrected chi connectivity index (χ0v) is 14.8. The number of aromatic nitrogens is 2. The highest BCUT2D eigenvalue weighted by Crippen LogP contribution is 2.35. The fourth-order valence-corrected chi connectivity index (χ4v) is 3.02. The van der Waals surface area contributed by atoms with E-state index in [1.165, 1.54) is 12.8 Å². The summed E-state index contributed by atoms with van der Waals surface area (Å²) in [5.74, 6) is 0.738. The average Bonchev–Trinajstić information content (AvgIpc) is 3.37. The molecular weight excluding hydrogens is 310 g/mol. The van der Waals surface area contributed by atoms with Crippen LogP contribution in [0.2, 0.25) is 5.02 Å². The second kappa shape index (κ2) is 6.00. The quantitative estimate of drug-likeness (QED) is 0.849. The number of carbonyl (C=O) groups excluding carboxylic acids is 1. The normalized spacial score (nSPS) is 15.5. The molecule has 0 saturated heterocycles. The van der Waals surface area contributed by atoms with E-state index in [1.54, 1.807) is 0 Å². The van der Waals surface area contributed by atoms with Gasteiger partial charge in [0.05, 0.1) is 22.1 Å². The van der Waals surface area contributed by atoms with Crippen molar-refractivity contribution in [2.45, 2.75) is 39.7 Å². The Morgan fingerprint density at radius 2 is 1.91 bits per heavy atom. The molecule has 0 aliphatic heterocycles. The van der Waals surface area contributed by atoms with Crippen molar-refractivity contribution in [3.63, 3.8) is 0 Å². The minimum atomic E-state index is 0.0716. The minimum absolute atomic E-state index is 0.0716. The fourth-order valence-electron chi connectivity index (χ4n) is 2.90. The maximum absolute atomic E-state index is 12.6. The fraction of sp³-hybridized carbons (Fsp3) is 0.444. The molecular formula is C18H22ClN3O. The van der Waals surface area contributed by atoms with E-state index in [9.17, 15) is 4.79 Å². The van der Waals surface area contributed by atoms with Gasteiger partial charge in [0, 0.05) is 18.7 Å². The molecule has 23 heavy (non-hydrogen) atoms. The van der Waals surface area contributed by atoms with E-state index in [1.807, 2.05) is 54.7 Å². The highest BCUT2D eigenvalue weighted by atomic mass is 35.5. The van der Waals surface area contributed by atoms with Gasteiger partial charge in [-0.15, -0.1) is 0 Å². The van der Waals surface area contributed by atoms with Crippen molar-refractivity contribution >= 4 is 17.5 Å². The van der Waals surface area contributed by atoms with Gasteiger partial charge in [-0.2, -0.15) is 5.10 Å². The molecule has 1 fully saturated rings. The number of nitrogens with zero attached hydrogens (tertiary/aromatic N) is 3. The molecule has 1 aliphatic carbocycles. The summed E-state index contributed by atoms with van der Waals surface area (Å²) >= 11 is 6.20. The van der Waals surface area contributed by atoms with E-state index in [0.29, 0.717) is 22.5 Å². The summed E-state index contributed by atoms with van der Waals surface area (Å²) in [5, 5.41) is 5.12. The first-order valence-corrected chi connectivity index (χ1v) is 8.37. The molecule has 1 saturated carbocycles. The number of aryl methyl sites for hydroxylation is 1. The van der Waals surface area contributed by atoms with Gasteiger partial charge in [-0.3, -0.25) is 4.79 Å². The summed E-state index contributed by atoms with van der Waals surface area (Å²) in [6.45, 7) is 5.95. The number of carbonyl (C=O) groups is 1. The summed E-state index contributed by atoms with van der Waals surface area (Å²) < 4.78 is 1.81. The number of hydrogen-bond donors (Lipinski definition) is 0. The van der Waals surface area contributed by atoms with Crippen LogP contribution in [-0.2, 0) is 0 Å². The zero-order valence-electron chi connectivity index (χ0n) is 14.0. The van der Waals surface area contributed by atoms with E-state index in [2.05, 4.69) is 12.0 Å². The summed E-state index contributed by atoms with van der Waals surface area (Å²) in [7, 11) is 1.89. The first kappa shape index (κ1) is 16.1. The molecule has 1 unspecified atom stereocenters. The van der Waals surface area contributed by atoms with Crippen LogP contribution in [0.15, 0.2) is 24.3 Å². The molecule has 122 valence electrons. The van der Waals surface area contributed by atoms with E-state index in [4.69, 9.17) is 11.6 Å². The van der Waals surface area contributed by atoms with Crippen molar-refractivity contribution < 1.29 is 4.79 Å². The van der Waals surface area contributed by atoms with Crippen LogP contribution in [0.4, 0.5) is 0 Å². The van der Waals surface area contributed by atoms with E-state index in [0.717, 1.165) is 17.1 Å². The lowest BCUT2D eigenvalue weighted by Crippen LogP contribution is -2.36. The van der Waals surface area contributed by atoms with Crippen LogP contribution in [0.25, 0.3) is 5.69 Å². The highest BCUT2D eigenvalue weighted by Gasteiger charge is 2.32. The predicted octanol–water partition coefficient (Wildman–Crippen LogP) is 4.01. The predicted molar refractivity (Wildman–Crippen MR) is 92.3 cm³/mol. The van der Waals surface area contributed by atoms with Crippen molar-refractivity contribution in [3.8, 4) is 5.69 Å². The number of rotatable bonds is 4. The molecule has 0 N–H and O–H groups in total. The highest BCUT2D eigenvalue weighted by molar-refractivity contribution is 6.31. The monoisotopic (exact) mass is 331 g/mol. The Morgan fingerprint density at radius 1 is 1.30 bits per heavy atom. The van der Waals surface area contributed by atoms with Crippen LogP contribution in [0.3, 0.4) is 0 Å². The molecule has 1 heterocycles. The molecule has 3 rings (SSSR count). The summed E-state index contributed by atoms with van der Waals surface area (Å²) in [6, 6.07) is 7.85. The molecule has 1 amide bonds. The molecule has 5 heteroatoms. The lowest BCUT2D eigenvalue weighted by molar-refractivity contribution is 0.0727. The van der Waals surface area contributed by atoms with Crippen LogP contribution in [0, 0.1) is 19.8 Å². The second-order valence-corrected chi connectivity index (χ2v) is 6.82. The van der Waals surface area contributed by atoms with Crippen LogP contribution in [0.5, 0.6) is 0 Å². The van der Waals surface area contributed by atoms with Gasteiger partial charge in [0.1, 0.15) is 0 Å².